The third-order valence-electron chi connectivity index (χ3n) is 2.77. The van der Waals surface area contributed by atoms with Gasteiger partial charge in [-0.1, -0.05) is 6.92 Å². The molecule has 66 valence electrons. The van der Waals surface area contributed by atoms with Gasteiger partial charge < -0.3 is 4.74 Å². The summed E-state index contributed by atoms with van der Waals surface area (Å²) in [6, 6.07) is 0. The van der Waals surface area contributed by atoms with Crippen molar-refractivity contribution in [3.8, 4) is 0 Å². The highest BCUT2D eigenvalue weighted by Gasteiger charge is 2.45. The number of Topliss-reactive ketones (excluding diaryl/α,β-unsaturated/α-hetero) is 1. The average molecular weight is 166 g/mol. The van der Waals surface area contributed by atoms with Crippen LogP contribution in [0, 0.1) is 5.41 Å². The number of ketones is 1. The zero-order valence-electron chi connectivity index (χ0n) is 7.43. The maximum absolute atomic E-state index is 11.7. The van der Waals surface area contributed by atoms with E-state index in [9.17, 15) is 4.79 Å². The van der Waals surface area contributed by atoms with Crippen molar-refractivity contribution in [2.45, 2.75) is 32.6 Å². The van der Waals surface area contributed by atoms with Crippen LogP contribution in [0.3, 0.4) is 0 Å². The topological polar surface area (TPSA) is 26.3 Å². The predicted octanol–water partition coefficient (Wildman–Crippen LogP) is 2.05. The number of hydrogen-bond donors (Lipinski definition) is 0. The molecule has 2 heteroatoms. The molecule has 0 N–H and O–H groups in total. The van der Waals surface area contributed by atoms with Crippen molar-refractivity contribution in [3.05, 3.63) is 11.8 Å². The summed E-state index contributed by atoms with van der Waals surface area (Å²) in [6.07, 6.45) is 5.68. The van der Waals surface area contributed by atoms with E-state index >= 15 is 0 Å². The minimum Gasteiger partial charge on any atom is -0.501 e. The summed E-state index contributed by atoms with van der Waals surface area (Å²) >= 11 is 0. The second kappa shape index (κ2) is 2.61. The number of hydrogen-bond acceptors (Lipinski definition) is 2. The molecule has 0 bridgehead atoms. The highest BCUT2D eigenvalue weighted by atomic mass is 16.5. The summed E-state index contributed by atoms with van der Waals surface area (Å²) in [5.41, 5.74) is 0.883. The fraction of sp³-hybridized carbons (Fsp3) is 0.700. The molecule has 0 aromatic carbocycles. The Morgan fingerprint density at radius 1 is 1.58 bits per heavy atom. The highest BCUT2D eigenvalue weighted by molar-refractivity contribution is 6.01. The van der Waals surface area contributed by atoms with Gasteiger partial charge >= 0.3 is 0 Å². The van der Waals surface area contributed by atoms with Crippen molar-refractivity contribution in [1.29, 1.82) is 0 Å². The Morgan fingerprint density at radius 3 is 2.83 bits per heavy atom. The van der Waals surface area contributed by atoms with E-state index in [2.05, 4.69) is 0 Å². The SMILES string of the molecule is CC1(C(=O)C2=COCCC2)CC1. The summed E-state index contributed by atoms with van der Waals surface area (Å²) in [5, 5.41) is 0. The summed E-state index contributed by atoms with van der Waals surface area (Å²) < 4.78 is 5.14. The lowest BCUT2D eigenvalue weighted by atomic mass is 9.94. The first-order valence-electron chi connectivity index (χ1n) is 4.58. The third-order valence-corrected chi connectivity index (χ3v) is 2.77. The van der Waals surface area contributed by atoms with E-state index in [0.29, 0.717) is 5.78 Å². The summed E-state index contributed by atoms with van der Waals surface area (Å²) in [4.78, 5) is 11.7. The molecule has 1 aliphatic carbocycles. The minimum absolute atomic E-state index is 0.0213. The molecular formula is C10H14O2. The first kappa shape index (κ1) is 7.84. The van der Waals surface area contributed by atoms with Crippen LogP contribution >= 0.6 is 0 Å². The first-order chi connectivity index (χ1) is 5.72. The molecule has 1 fully saturated rings. The first-order valence-corrected chi connectivity index (χ1v) is 4.58. The monoisotopic (exact) mass is 166 g/mol. The molecule has 1 aliphatic heterocycles. The van der Waals surface area contributed by atoms with E-state index in [-0.39, 0.29) is 5.41 Å². The lowest BCUT2D eigenvalue weighted by Crippen LogP contribution is -2.17. The molecule has 0 amide bonds. The van der Waals surface area contributed by atoms with Gasteiger partial charge in [0.1, 0.15) is 0 Å². The van der Waals surface area contributed by atoms with Crippen LogP contribution in [0.5, 0.6) is 0 Å². The smallest absolute Gasteiger partial charge is 0.167 e. The quantitative estimate of drug-likeness (QED) is 0.627. The van der Waals surface area contributed by atoms with E-state index < -0.39 is 0 Å². The van der Waals surface area contributed by atoms with Crippen molar-refractivity contribution in [2.24, 2.45) is 5.41 Å². The van der Waals surface area contributed by atoms with E-state index in [0.717, 1.165) is 37.9 Å². The highest BCUT2D eigenvalue weighted by Crippen LogP contribution is 2.48. The second-order valence-corrected chi connectivity index (χ2v) is 4.01. The minimum atomic E-state index is -0.0213. The predicted molar refractivity (Wildman–Crippen MR) is 45.6 cm³/mol. The summed E-state index contributed by atoms with van der Waals surface area (Å²) in [6.45, 7) is 2.82. The van der Waals surface area contributed by atoms with Gasteiger partial charge in [-0.05, 0) is 25.7 Å². The largest absolute Gasteiger partial charge is 0.501 e. The van der Waals surface area contributed by atoms with Crippen LogP contribution in [0.2, 0.25) is 0 Å². The lowest BCUT2D eigenvalue weighted by molar-refractivity contribution is -0.120. The van der Waals surface area contributed by atoms with Crippen molar-refractivity contribution < 1.29 is 9.53 Å². The van der Waals surface area contributed by atoms with Gasteiger partial charge in [-0.3, -0.25) is 4.79 Å². The molecule has 12 heavy (non-hydrogen) atoms. The molecule has 0 aromatic heterocycles. The van der Waals surface area contributed by atoms with Crippen LogP contribution in [0.1, 0.15) is 32.6 Å². The van der Waals surface area contributed by atoms with Gasteiger partial charge in [0.05, 0.1) is 12.9 Å². The lowest BCUT2D eigenvalue weighted by Gasteiger charge is -2.15. The van der Waals surface area contributed by atoms with Crippen molar-refractivity contribution >= 4 is 5.78 Å². The molecular weight excluding hydrogens is 152 g/mol. The Bertz CT molecular complexity index is 236. The van der Waals surface area contributed by atoms with Gasteiger partial charge in [-0.25, -0.2) is 0 Å². The number of ether oxygens (including phenoxy) is 1. The number of carbonyl (C=O) groups excluding carboxylic acids is 1. The Morgan fingerprint density at radius 2 is 2.33 bits per heavy atom. The maximum atomic E-state index is 11.7. The number of carbonyl (C=O) groups is 1. The molecule has 0 atom stereocenters. The van der Waals surface area contributed by atoms with Crippen LogP contribution in [0.15, 0.2) is 11.8 Å². The molecule has 0 unspecified atom stereocenters. The molecule has 0 spiro atoms. The van der Waals surface area contributed by atoms with E-state index in [1.54, 1.807) is 6.26 Å². The van der Waals surface area contributed by atoms with Gasteiger partial charge in [0, 0.05) is 11.0 Å². The normalized spacial score (nSPS) is 25.6. The Labute approximate surface area is 72.6 Å². The zero-order chi connectivity index (χ0) is 8.60. The van der Waals surface area contributed by atoms with Crippen molar-refractivity contribution in [2.75, 3.05) is 6.61 Å². The van der Waals surface area contributed by atoms with Gasteiger partial charge in [-0.15, -0.1) is 0 Å². The molecule has 2 rings (SSSR count). The average Bonchev–Trinajstić information content (AvgIpc) is 2.85. The van der Waals surface area contributed by atoms with Crippen molar-refractivity contribution in [1.82, 2.24) is 0 Å². The molecule has 2 nitrogen and oxygen atoms in total. The van der Waals surface area contributed by atoms with E-state index in [1.807, 2.05) is 6.92 Å². The number of rotatable bonds is 2. The fourth-order valence-corrected chi connectivity index (χ4v) is 1.53. The molecule has 0 saturated heterocycles. The van der Waals surface area contributed by atoms with Crippen LogP contribution in [-0.4, -0.2) is 12.4 Å². The standard InChI is InChI=1S/C10H14O2/c1-10(4-5-10)9(11)8-3-2-6-12-7-8/h7H,2-6H2,1H3. The van der Waals surface area contributed by atoms with E-state index in [4.69, 9.17) is 4.74 Å². The van der Waals surface area contributed by atoms with Crippen LogP contribution < -0.4 is 0 Å². The van der Waals surface area contributed by atoms with Crippen LogP contribution in [0.25, 0.3) is 0 Å². The molecule has 2 aliphatic rings. The molecule has 0 aromatic rings. The van der Waals surface area contributed by atoms with Gasteiger partial charge in [0.25, 0.3) is 0 Å². The van der Waals surface area contributed by atoms with Gasteiger partial charge in [0.2, 0.25) is 0 Å². The van der Waals surface area contributed by atoms with Crippen molar-refractivity contribution in [3.63, 3.8) is 0 Å². The Balaban J connectivity index is 2.08. The molecule has 1 saturated carbocycles. The zero-order valence-corrected chi connectivity index (χ0v) is 7.43. The maximum Gasteiger partial charge on any atom is 0.167 e. The molecule has 1 heterocycles. The number of allylic oxidation sites excluding steroid dienone is 1. The summed E-state index contributed by atoms with van der Waals surface area (Å²) in [7, 11) is 0. The Hall–Kier alpha value is -0.790. The van der Waals surface area contributed by atoms with Crippen LogP contribution in [0.4, 0.5) is 0 Å². The third kappa shape index (κ3) is 1.26. The molecule has 0 radical (unpaired) electrons. The Kier molecular flexibility index (Phi) is 1.71. The fourth-order valence-electron chi connectivity index (χ4n) is 1.53. The van der Waals surface area contributed by atoms with Gasteiger partial charge in [-0.2, -0.15) is 0 Å². The van der Waals surface area contributed by atoms with Gasteiger partial charge in [0.15, 0.2) is 5.78 Å². The van der Waals surface area contributed by atoms with E-state index in [1.165, 1.54) is 0 Å². The van der Waals surface area contributed by atoms with Crippen LogP contribution in [-0.2, 0) is 9.53 Å². The summed E-state index contributed by atoms with van der Waals surface area (Å²) in [5.74, 6) is 0.321. The second-order valence-electron chi connectivity index (χ2n) is 4.01.